The van der Waals surface area contributed by atoms with Gasteiger partial charge in [0.05, 0.1) is 11.6 Å². The molecule has 4 heteroatoms. The predicted molar refractivity (Wildman–Crippen MR) is 51.5 cm³/mol. The first kappa shape index (κ1) is 8.49. The number of nitrogens with zero attached hydrogens (tertiary/aromatic N) is 1. The number of thiophene rings is 1. The zero-order valence-electron chi connectivity index (χ0n) is 6.34. The Bertz CT molecular complexity index is 512. The quantitative estimate of drug-likeness (QED) is 0.654. The molecule has 0 saturated carbocycles. The van der Waals surface area contributed by atoms with Crippen LogP contribution in [-0.4, -0.2) is 0 Å². The zero-order valence-corrected chi connectivity index (χ0v) is 7.92. The second kappa shape index (κ2) is 2.99. The van der Waals surface area contributed by atoms with E-state index in [1.807, 2.05) is 6.07 Å². The van der Waals surface area contributed by atoms with Crippen molar-refractivity contribution in [3.05, 3.63) is 33.9 Å². The van der Waals surface area contributed by atoms with Crippen molar-refractivity contribution in [1.29, 1.82) is 5.26 Å². The number of halogens is 2. The average molecular weight is 212 g/mol. The molecule has 0 amide bonds. The van der Waals surface area contributed by atoms with Gasteiger partial charge in [0.25, 0.3) is 0 Å². The van der Waals surface area contributed by atoms with Crippen molar-refractivity contribution >= 4 is 33.0 Å². The molecule has 0 spiro atoms. The Kier molecular flexibility index (Phi) is 1.95. The van der Waals surface area contributed by atoms with E-state index in [2.05, 4.69) is 0 Å². The highest BCUT2D eigenvalue weighted by atomic mass is 35.5. The van der Waals surface area contributed by atoms with Crippen molar-refractivity contribution in [3.63, 3.8) is 0 Å². The summed E-state index contributed by atoms with van der Waals surface area (Å²) in [6.45, 7) is 0. The lowest BCUT2D eigenvalue weighted by molar-refractivity contribution is 0.644. The minimum Gasteiger partial charge on any atom is -0.204 e. The Hall–Kier alpha value is -1.11. The standard InChI is InChI=1S/C9H3ClFNS/c10-9-8(11)6-2-1-5(4-12)3-7(6)13-9/h1-3H. The topological polar surface area (TPSA) is 23.8 Å². The molecule has 0 atom stereocenters. The van der Waals surface area contributed by atoms with Gasteiger partial charge in [0, 0.05) is 10.1 Å². The highest BCUT2D eigenvalue weighted by Gasteiger charge is 2.09. The van der Waals surface area contributed by atoms with E-state index in [1.54, 1.807) is 18.2 Å². The van der Waals surface area contributed by atoms with E-state index in [0.29, 0.717) is 15.6 Å². The van der Waals surface area contributed by atoms with Crippen LogP contribution in [-0.2, 0) is 0 Å². The molecule has 1 aromatic carbocycles. The summed E-state index contributed by atoms with van der Waals surface area (Å²) >= 11 is 6.76. The van der Waals surface area contributed by atoms with Crippen LogP contribution in [0, 0.1) is 17.1 Å². The molecule has 0 saturated heterocycles. The molecule has 0 aliphatic carbocycles. The minimum absolute atomic E-state index is 0.144. The molecule has 0 aliphatic heterocycles. The van der Waals surface area contributed by atoms with E-state index < -0.39 is 5.82 Å². The lowest BCUT2D eigenvalue weighted by Gasteiger charge is -1.89. The molecule has 0 bridgehead atoms. The molecule has 0 aliphatic rings. The summed E-state index contributed by atoms with van der Waals surface area (Å²) in [4.78, 5) is 0. The van der Waals surface area contributed by atoms with Crippen molar-refractivity contribution in [2.75, 3.05) is 0 Å². The van der Waals surface area contributed by atoms with Crippen molar-refractivity contribution in [3.8, 4) is 6.07 Å². The Morgan fingerprint density at radius 2 is 2.23 bits per heavy atom. The third-order valence-electron chi connectivity index (χ3n) is 1.72. The van der Waals surface area contributed by atoms with E-state index in [0.717, 1.165) is 11.3 Å². The zero-order chi connectivity index (χ0) is 9.42. The molecule has 0 fully saturated rings. The average Bonchev–Trinajstić information content (AvgIpc) is 2.42. The summed E-state index contributed by atoms with van der Waals surface area (Å²) < 4.78 is 14.0. The number of benzene rings is 1. The number of hydrogen-bond donors (Lipinski definition) is 0. The van der Waals surface area contributed by atoms with Gasteiger partial charge in [0.15, 0.2) is 5.82 Å². The van der Waals surface area contributed by atoms with Crippen LogP contribution in [0.5, 0.6) is 0 Å². The van der Waals surface area contributed by atoms with Crippen LogP contribution >= 0.6 is 22.9 Å². The van der Waals surface area contributed by atoms with Gasteiger partial charge in [-0.1, -0.05) is 11.6 Å². The van der Waals surface area contributed by atoms with Gasteiger partial charge in [-0.05, 0) is 18.2 Å². The van der Waals surface area contributed by atoms with Crippen LogP contribution in [0.25, 0.3) is 10.1 Å². The Morgan fingerprint density at radius 3 is 2.92 bits per heavy atom. The SMILES string of the molecule is N#Cc1ccc2c(F)c(Cl)sc2c1. The maximum absolute atomic E-state index is 13.2. The molecule has 0 radical (unpaired) electrons. The molecule has 2 aromatic rings. The number of rotatable bonds is 0. The van der Waals surface area contributed by atoms with E-state index in [-0.39, 0.29) is 4.34 Å². The maximum atomic E-state index is 13.2. The fourth-order valence-electron chi connectivity index (χ4n) is 1.10. The largest absolute Gasteiger partial charge is 0.204 e. The van der Waals surface area contributed by atoms with Crippen molar-refractivity contribution in [1.82, 2.24) is 0 Å². The van der Waals surface area contributed by atoms with E-state index in [9.17, 15) is 4.39 Å². The van der Waals surface area contributed by atoms with E-state index >= 15 is 0 Å². The van der Waals surface area contributed by atoms with E-state index in [4.69, 9.17) is 16.9 Å². The first-order valence-corrected chi connectivity index (χ1v) is 4.69. The normalized spacial score (nSPS) is 10.2. The van der Waals surface area contributed by atoms with Gasteiger partial charge >= 0.3 is 0 Å². The highest BCUT2D eigenvalue weighted by molar-refractivity contribution is 7.22. The highest BCUT2D eigenvalue weighted by Crippen LogP contribution is 2.33. The summed E-state index contributed by atoms with van der Waals surface area (Å²) in [5.41, 5.74) is 0.519. The molecule has 1 heterocycles. The van der Waals surface area contributed by atoms with Gasteiger partial charge in [-0.3, -0.25) is 0 Å². The predicted octanol–water partition coefficient (Wildman–Crippen LogP) is 3.57. The summed E-state index contributed by atoms with van der Waals surface area (Å²) in [6, 6.07) is 6.78. The monoisotopic (exact) mass is 211 g/mol. The first-order chi connectivity index (χ1) is 6.22. The second-order valence-corrected chi connectivity index (χ2v) is 4.17. The second-order valence-electron chi connectivity index (χ2n) is 2.51. The molecule has 0 N–H and O–H groups in total. The molecule has 2 rings (SSSR count). The van der Waals surface area contributed by atoms with Crippen LogP contribution in [0.1, 0.15) is 5.56 Å². The Balaban J connectivity index is 2.82. The lowest BCUT2D eigenvalue weighted by Crippen LogP contribution is -1.73. The number of nitriles is 1. The summed E-state index contributed by atoms with van der Waals surface area (Å²) in [5, 5.41) is 9.08. The van der Waals surface area contributed by atoms with Crippen LogP contribution in [0.2, 0.25) is 4.34 Å². The molecule has 64 valence electrons. The molecule has 1 nitrogen and oxygen atoms in total. The molecule has 13 heavy (non-hydrogen) atoms. The maximum Gasteiger partial charge on any atom is 0.160 e. The fraction of sp³-hybridized carbons (Fsp3) is 0. The van der Waals surface area contributed by atoms with E-state index in [1.165, 1.54) is 0 Å². The summed E-state index contributed by atoms with van der Waals surface area (Å²) in [5.74, 6) is -0.397. The number of hydrogen-bond acceptors (Lipinski definition) is 2. The Morgan fingerprint density at radius 1 is 1.46 bits per heavy atom. The van der Waals surface area contributed by atoms with Crippen molar-refractivity contribution < 1.29 is 4.39 Å². The molecular formula is C9H3ClFNS. The molecular weight excluding hydrogens is 209 g/mol. The molecule has 0 unspecified atom stereocenters. The third kappa shape index (κ3) is 1.28. The van der Waals surface area contributed by atoms with Gasteiger partial charge in [-0.25, -0.2) is 4.39 Å². The number of fused-ring (bicyclic) bond motifs is 1. The smallest absolute Gasteiger partial charge is 0.160 e. The summed E-state index contributed by atoms with van der Waals surface area (Å²) in [7, 11) is 0. The van der Waals surface area contributed by atoms with Crippen molar-refractivity contribution in [2.24, 2.45) is 0 Å². The van der Waals surface area contributed by atoms with Crippen LogP contribution < -0.4 is 0 Å². The Labute approximate surface area is 83.0 Å². The third-order valence-corrected chi connectivity index (χ3v) is 3.03. The first-order valence-electron chi connectivity index (χ1n) is 3.50. The fourth-order valence-corrected chi connectivity index (χ4v) is 2.30. The molecule has 1 aromatic heterocycles. The van der Waals surface area contributed by atoms with Gasteiger partial charge in [-0.2, -0.15) is 5.26 Å². The van der Waals surface area contributed by atoms with Crippen LogP contribution in [0.3, 0.4) is 0 Å². The van der Waals surface area contributed by atoms with Gasteiger partial charge < -0.3 is 0 Å². The van der Waals surface area contributed by atoms with Crippen LogP contribution in [0.15, 0.2) is 18.2 Å². The minimum atomic E-state index is -0.397. The van der Waals surface area contributed by atoms with Gasteiger partial charge in [0.1, 0.15) is 4.34 Å². The summed E-state index contributed by atoms with van der Waals surface area (Å²) in [6.07, 6.45) is 0. The van der Waals surface area contributed by atoms with Crippen molar-refractivity contribution in [2.45, 2.75) is 0 Å². The van der Waals surface area contributed by atoms with Gasteiger partial charge in [0.2, 0.25) is 0 Å². The lowest BCUT2D eigenvalue weighted by atomic mass is 10.2. The van der Waals surface area contributed by atoms with Crippen LogP contribution in [0.4, 0.5) is 4.39 Å². The van der Waals surface area contributed by atoms with Gasteiger partial charge in [-0.15, -0.1) is 11.3 Å².